The van der Waals surface area contributed by atoms with Gasteiger partial charge in [-0.05, 0) is 59.6 Å². The van der Waals surface area contributed by atoms with Gasteiger partial charge in [0.05, 0.1) is 45.0 Å². The standard InChI is InChI=1S/C24H27BrF3N6O6P/c1-5-39-41(36,40-6-2)13-14-7-8-16(18(11-14)37-3)31-23-29-12-15(24(26,27)28)21(33-23)30-17-9-10-19(25)32-20(17)22(35)34-38-4/h7-12H,5-6,13H2,1-4H3,(H,34,35)(H2,29,30,31,33). The molecule has 0 atom stereocenters. The Morgan fingerprint density at radius 3 is 2.32 bits per heavy atom. The predicted octanol–water partition coefficient (Wildman–Crippen LogP) is 6.21. The summed E-state index contributed by atoms with van der Waals surface area (Å²) in [5, 5.41) is 5.35. The van der Waals surface area contributed by atoms with Crippen molar-refractivity contribution in [3.8, 4) is 5.75 Å². The zero-order valence-electron chi connectivity index (χ0n) is 22.3. The van der Waals surface area contributed by atoms with Gasteiger partial charge in [0.15, 0.2) is 5.69 Å². The van der Waals surface area contributed by atoms with E-state index in [1.165, 1.54) is 26.4 Å². The highest BCUT2D eigenvalue weighted by Gasteiger charge is 2.36. The zero-order chi connectivity index (χ0) is 30.2. The average Bonchev–Trinajstić information content (AvgIpc) is 2.90. The quantitative estimate of drug-likeness (QED) is 0.109. The van der Waals surface area contributed by atoms with Crippen LogP contribution in [0.25, 0.3) is 0 Å². The number of alkyl halides is 3. The summed E-state index contributed by atoms with van der Waals surface area (Å²) in [4.78, 5) is 28.8. The van der Waals surface area contributed by atoms with Gasteiger partial charge in [-0.25, -0.2) is 15.4 Å². The number of hydroxylamine groups is 1. The molecule has 17 heteroatoms. The number of nitrogens with one attached hydrogen (secondary N) is 3. The van der Waals surface area contributed by atoms with E-state index >= 15 is 0 Å². The fourth-order valence-electron chi connectivity index (χ4n) is 3.53. The first kappa shape index (κ1) is 32.2. The van der Waals surface area contributed by atoms with Gasteiger partial charge < -0.3 is 24.4 Å². The average molecular weight is 663 g/mol. The van der Waals surface area contributed by atoms with Gasteiger partial charge >= 0.3 is 13.8 Å². The van der Waals surface area contributed by atoms with E-state index in [0.29, 0.717) is 17.4 Å². The van der Waals surface area contributed by atoms with Crippen LogP contribution in [0.3, 0.4) is 0 Å². The summed E-state index contributed by atoms with van der Waals surface area (Å²) in [7, 11) is -0.803. The van der Waals surface area contributed by atoms with Crippen molar-refractivity contribution in [2.75, 3.05) is 38.1 Å². The number of hydrogen-bond donors (Lipinski definition) is 3. The van der Waals surface area contributed by atoms with Crippen LogP contribution in [0, 0.1) is 0 Å². The molecule has 0 radical (unpaired) electrons. The van der Waals surface area contributed by atoms with Crippen molar-refractivity contribution in [1.82, 2.24) is 20.4 Å². The number of benzene rings is 1. The topological polar surface area (TPSA) is 146 Å². The first-order valence-corrected chi connectivity index (χ1v) is 14.5. The second-order valence-electron chi connectivity index (χ2n) is 8.01. The second kappa shape index (κ2) is 14.0. The Labute approximate surface area is 242 Å². The Morgan fingerprint density at radius 1 is 1.02 bits per heavy atom. The maximum atomic E-state index is 13.8. The van der Waals surface area contributed by atoms with Crippen molar-refractivity contribution in [1.29, 1.82) is 0 Å². The van der Waals surface area contributed by atoms with Crippen LogP contribution in [0.2, 0.25) is 0 Å². The third-order valence-corrected chi connectivity index (χ3v) is 7.66. The van der Waals surface area contributed by atoms with Gasteiger partial charge in [-0.1, -0.05) is 6.07 Å². The molecule has 222 valence electrons. The molecule has 3 N–H and O–H groups in total. The molecular weight excluding hydrogens is 636 g/mol. The summed E-state index contributed by atoms with van der Waals surface area (Å²) in [6, 6.07) is 7.57. The summed E-state index contributed by atoms with van der Waals surface area (Å²) in [6.45, 7) is 3.80. The number of aromatic nitrogens is 3. The van der Waals surface area contributed by atoms with E-state index < -0.39 is 31.1 Å². The number of anilines is 4. The first-order chi connectivity index (χ1) is 19.4. The molecule has 0 spiro atoms. The van der Waals surface area contributed by atoms with Crippen LogP contribution in [0.5, 0.6) is 5.75 Å². The van der Waals surface area contributed by atoms with E-state index in [1.54, 1.807) is 32.0 Å². The predicted molar refractivity (Wildman–Crippen MR) is 148 cm³/mol. The summed E-state index contributed by atoms with van der Waals surface area (Å²) < 4.78 is 70.8. The van der Waals surface area contributed by atoms with E-state index in [2.05, 4.69) is 51.8 Å². The lowest BCUT2D eigenvalue weighted by atomic mass is 10.2. The zero-order valence-corrected chi connectivity index (χ0v) is 24.8. The minimum Gasteiger partial charge on any atom is -0.495 e. The third kappa shape index (κ3) is 8.60. The van der Waals surface area contributed by atoms with E-state index in [-0.39, 0.29) is 47.1 Å². The Kier molecular flexibility index (Phi) is 11.0. The highest BCUT2D eigenvalue weighted by atomic mass is 79.9. The fourth-order valence-corrected chi connectivity index (χ4v) is 5.52. The third-order valence-electron chi connectivity index (χ3n) is 5.16. The van der Waals surface area contributed by atoms with Gasteiger partial charge in [-0.15, -0.1) is 0 Å². The number of nitrogens with zero attached hydrogens (tertiary/aromatic N) is 3. The van der Waals surface area contributed by atoms with Crippen molar-refractivity contribution >= 4 is 52.6 Å². The number of carbonyl (C=O) groups is 1. The Hall–Kier alpha value is -3.30. The molecule has 0 fully saturated rings. The number of halogens is 4. The number of methoxy groups -OCH3 is 1. The van der Waals surface area contributed by atoms with Crippen LogP contribution >= 0.6 is 23.5 Å². The molecule has 3 rings (SSSR count). The van der Waals surface area contributed by atoms with Gasteiger partial charge in [0.1, 0.15) is 21.7 Å². The Bertz CT molecular complexity index is 1420. The summed E-state index contributed by atoms with van der Waals surface area (Å²) in [5.41, 5.74) is 1.45. The summed E-state index contributed by atoms with van der Waals surface area (Å²) in [6.07, 6.45) is -4.25. The number of amides is 1. The lowest BCUT2D eigenvalue weighted by Crippen LogP contribution is -2.24. The van der Waals surface area contributed by atoms with Gasteiger partial charge in [-0.3, -0.25) is 14.2 Å². The molecule has 2 aromatic heterocycles. The number of rotatable bonds is 13. The molecule has 41 heavy (non-hydrogen) atoms. The Morgan fingerprint density at radius 2 is 1.71 bits per heavy atom. The highest BCUT2D eigenvalue weighted by Crippen LogP contribution is 2.51. The lowest BCUT2D eigenvalue weighted by molar-refractivity contribution is -0.137. The molecule has 0 aliphatic rings. The van der Waals surface area contributed by atoms with Crippen molar-refractivity contribution in [3.05, 3.63) is 58.0 Å². The molecular formula is C24H27BrF3N6O6P. The molecule has 0 bridgehead atoms. The second-order valence-corrected chi connectivity index (χ2v) is 10.9. The minimum atomic E-state index is -4.83. The van der Waals surface area contributed by atoms with Crippen LogP contribution < -0.4 is 20.9 Å². The van der Waals surface area contributed by atoms with Gasteiger partial charge in [0, 0.05) is 6.20 Å². The van der Waals surface area contributed by atoms with Crippen molar-refractivity contribution < 1.29 is 41.2 Å². The van der Waals surface area contributed by atoms with Crippen LogP contribution in [0.4, 0.5) is 36.3 Å². The maximum Gasteiger partial charge on any atom is 0.421 e. The molecule has 1 aromatic carbocycles. The molecule has 2 heterocycles. The highest BCUT2D eigenvalue weighted by molar-refractivity contribution is 9.10. The minimum absolute atomic E-state index is 0.0175. The summed E-state index contributed by atoms with van der Waals surface area (Å²) >= 11 is 3.13. The van der Waals surface area contributed by atoms with Crippen molar-refractivity contribution in [2.45, 2.75) is 26.2 Å². The van der Waals surface area contributed by atoms with E-state index in [0.717, 1.165) is 0 Å². The van der Waals surface area contributed by atoms with Gasteiger partial charge in [0.25, 0.3) is 5.91 Å². The van der Waals surface area contributed by atoms with Crippen molar-refractivity contribution in [3.63, 3.8) is 0 Å². The molecule has 0 saturated carbocycles. The SMILES string of the molecule is CCOP(=O)(Cc1ccc(Nc2ncc(C(F)(F)F)c(Nc3ccc(Br)nc3C(=O)NOC)n2)c(OC)c1)OCC. The fraction of sp³-hybridized carbons (Fsp3) is 0.333. The van der Waals surface area contributed by atoms with E-state index in [9.17, 15) is 22.5 Å². The molecule has 3 aromatic rings. The van der Waals surface area contributed by atoms with Gasteiger partial charge in [0.2, 0.25) is 5.95 Å². The van der Waals surface area contributed by atoms with E-state index in [4.69, 9.17) is 13.8 Å². The largest absolute Gasteiger partial charge is 0.495 e. The lowest BCUT2D eigenvalue weighted by Gasteiger charge is -2.19. The molecule has 1 amide bonds. The smallest absolute Gasteiger partial charge is 0.421 e. The van der Waals surface area contributed by atoms with Crippen LogP contribution in [-0.4, -0.2) is 48.3 Å². The molecule has 0 aliphatic carbocycles. The van der Waals surface area contributed by atoms with Crippen molar-refractivity contribution in [2.24, 2.45) is 0 Å². The van der Waals surface area contributed by atoms with Crippen LogP contribution in [0.15, 0.2) is 41.1 Å². The number of carbonyl (C=O) groups excluding carboxylic acids is 1. The van der Waals surface area contributed by atoms with E-state index in [1.807, 2.05) is 0 Å². The number of pyridine rings is 1. The van der Waals surface area contributed by atoms with Crippen LogP contribution in [-0.2, 0) is 30.8 Å². The normalized spacial score (nSPS) is 11.7. The first-order valence-electron chi connectivity index (χ1n) is 12.0. The molecule has 0 saturated heterocycles. The maximum absolute atomic E-state index is 13.8. The number of ether oxygens (including phenoxy) is 1. The summed E-state index contributed by atoms with van der Waals surface area (Å²) in [5.74, 6) is -1.39. The molecule has 0 unspecified atom stereocenters. The number of hydrogen-bond acceptors (Lipinski definition) is 11. The Balaban J connectivity index is 1.96. The van der Waals surface area contributed by atoms with Gasteiger partial charge in [-0.2, -0.15) is 18.2 Å². The van der Waals surface area contributed by atoms with Crippen LogP contribution in [0.1, 0.15) is 35.5 Å². The molecule has 0 aliphatic heterocycles. The monoisotopic (exact) mass is 662 g/mol. The molecule has 12 nitrogen and oxygen atoms in total.